The Bertz CT molecular complexity index is 335. The zero-order valence-corrected chi connectivity index (χ0v) is 11.8. The molecule has 114 valence electrons. The van der Waals surface area contributed by atoms with Crippen LogP contribution >= 0.6 is 0 Å². The lowest BCUT2D eigenvalue weighted by atomic mass is 10.1. The van der Waals surface area contributed by atoms with Crippen molar-refractivity contribution in [2.75, 3.05) is 19.8 Å². The van der Waals surface area contributed by atoms with Crippen LogP contribution in [0, 0.1) is 0 Å². The van der Waals surface area contributed by atoms with Crippen molar-refractivity contribution in [3.8, 4) is 0 Å². The van der Waals surface area contributed by atoms with E-state index >= 15 is 0 Å². The molecule has 20 heavy (non-hydrogen) atoms. The summed E-state index contributed by atoms with van der Waals surface area (Å²) < 4.78 is 9.80. The van der Waals surface area contributed by atoms with Gasteiger partial charge in [-0.1, -0.05) is 12.8 Å². The first-order valence-corrected chi connectivity index (χ1v) is 6.73. The number of rotatable bonds is 12. The minimum Gasteiger partial charge on any atom is -0.478 e. The Hall–Kier alpha value is -1.69. The fraction of sp³-hybridized carbons (Fsp3) is 0.643. The average molecular weight is 286 g/mol. The molecule has 0 aliphatic heterocycles. The fourth-order valence-corrected chi connectivity index (χ4v) is 1.44. The van der Waals surface area contributed by atoms with Crippen molar-refractivity contribution in [2.45, 2.75) is 39.0 Å². The van der Waals surface area contributed by atoms with Crippen LogP contribution in [0.15, 0.2) is 12.2 Å². The number of ether oxygens (including phenoxy) is 2. The molecule has 0 aliphatic rings. The van der Waals surface area contributed by atoms with Gasteiger partial charge in [-0.15, -0.1) is 0 Å². The van der Waals surface area contributed by atoms with Gasteiger partial charge in [-0.05, 0) is 19.8 Å². The number of ketones is 1. The van der Waals surface area contributed by atoms with Crippen LogP contribution in [0.2, 0.25) is 0 Å². The summed E-state index contributed by atoms with van der Waals surface area (Å²) in [7, 11) is 0. The molecule has 6 heteroatoms. The third-order valence-electron chi connectivity index (χ3n) is 2.44. The van der Waals surface area contributed by atoms with Crippen LogP contribution in [0.5, 0.6) is 0 Å². The van der Waals surface area contributed by atoms with Crippen LogP contribution in [-0.2, 0) is 23.9 Å². The molecule has 0 saturated carbocycles. The number of carbonyl (C=O) groups excluding carboxylic acids is 2. The maximum absolute atomic E-state index is 11.4. The summed E-state index contributed by atoms with van der Waals surface area (Å²) >= 11 is 0. The minimum atomic E-state index is -1.24. The number of unbranched alkanes of at least 4 members (excludes halogenated alkanes) is 3. The molecular formula is C14H22O6. The molecule has 0 aromatic carbocycles. The van der Waals surface area contributed by atoms with Gasteiger partial charge in [-0.25, -0.2) is 9.59 Å². The molecule has 0 atom stereocenters. The van der Waals surface area contributed by atoms with Gasteiger partial charge in [0.15, 0.2) is 5.78 Å². The van der Waals surface area contributed by atoms with E-state index in [4.69, 9.17) is 9.84 Å². The van der Waals surface area contributed by atoms with Gasteiger partial charge < -0.3 is 14.6 Å². The minimum absolute atomic E-state index is 0.160. The lowest BCUT2D eigenvalue weighted by Gasteiger charge is -2.03. The Balaban J connectivity index is 3.50. The van der Waals surface area contributed by atoms with Crippen molar-refractivity contribution >= 4 is 17.7 Å². The van der Waals surface area contributed by atoms with Gasteiger partial charge in [0, 0.05) is 31.8 Å². The number of aliphatic carboxylic acids is 1. The van der Waals surface area contributed by atoms with Crippen molar-refractivity contribution < 1.29 is 29.0 Å². The van der Waals surface area contributed by atoms with E-state index in [9.17, 15) is 14.4 Å². The smallest absolute Gasteiger partial charge is 0.331 e. The second kappa shape index (κ2) is 12.3. The van der Waals surface area contributed by atoms with E-state index in [0.29, 0.717) is 12.5 Å². The summed E-state index contributed by atoms with van der Waals surface area (Å²) in [5.74, 6) is -2.22. The second-order valence-electron chi connectivity index (χ2n) is 4.18. The highest BCUT2D eigenvalue weighted by atomic mass is 16.5. The number of carboxylic acid groups (broad SMARTS) is 1. The van der Waals surface area contributed by atoms with Gasteiger partial charge in [-0.2, -0.15) is 0 Å². The van der Waals surface area contributed by atoms with E-state index in [1.165, 1.54) is 0 Å². The van der Waals surface area contributed by atoms with Crippen molar-refractivity contribution in [1.29, 1.82) is 0 Å². The Kier molecular flexibility index (Phi) is 11.3. The van der Waals surface area contributed by atoms with Crippen LogP contribution in [0.4, 0.5) is 0 Å². The Morgan fingerprint density at radius 3 is 2.40 bits per heavy atom. The molecule has 0 unspecified atom stereocenters. The molecule has 0 bridgehead atoms. The molecule has 0 amide bonds. The summed E-state index contributed by atoms with van der Waals surface area (Å²) in [5.41, 5.74) is 0. The number of hydrogen-bond donors (Lipinski definition) is 1. The van der Waals surface area contributed by atoms with Gasteiger partial charge >= 0.3 is 11.9 Å². The quantitative estimate of drug-likeness (QED) is 0.334. The second-order valence-corrected chi connectivity index (χ2v) is 4.18. The van der Waals surface area contributed by atoms with E-state index in [2.05, 4.69) is 4.74 Å². The van der Waals surface area contributed by atoms with Gasteiger partial charge in [-0.3, -0.25) is 4.79 Å². The maximum atomic E-state index is 11.4. The molecular weight excluding hydrogens is 264 g/mol. The standard InChI is InChI=1S/C14H22O6/c1-2-19-10-6-4-3-5-7-12(15)11-20-14(18)9-8-13(16)17/h8-9H,2-7,10-11H2,1H3,(H,16,17)/b9-8+. The third-order valence-corrected chi connectivity index (χ3v) is 2.44. The van der Waals surface area contributed by atoms with Gasteiger partial charge in [0.1, 0.15) is 6.61 Å². The number of hydrogen-bond acceptors (Lipinski definition) is 5. The predicted octanol–water partition coefficient (Wildman–Crippen LogP) is 1.73. The van der Waals surface area contributed by atoms with Crippen LogP contribution in [-0.4, -0.2) is 42.6 Å². The summed E-state index contributed by atoms with van der Waals surface area (Å²) in [5, 5.41) is 8.29. The van der Waals surface area contributed by atoms with Gasteiger partial charge in [0.2, 0.25) is 0 Å². The van der Waals surface area contributed by atoms with Crippen molar-refractivity contribution in [1.82, 2.24) is 0 Å². The molecule has 0 fully saturated rings. The molecule has 0 aromatic rings. The van der Waals surface area contributed by atoms with E-state index in [1.54, 1.807) is 0 Å². The maximum Gasteiger partial charge on any atom is 0.331 e. The van der Waals surface area contributed by atoms with Gasteiger partial charge in [0.25, 0.3) is 0 Å². The molecule has 0 heterocycles. The summed E-state index contributed by atoms with van der Waals surface area (Å²) in [6, 6.07) is 0. The number of carboxylic acids is 1. The van der Waals surface area contributed by atoms with E-state index in [0.717, 1.165) is 45.0 Å². The van der Waals surface area contributed by atoms with E-state index in [-0.39, 0.29) is 12.4 Å². The first-order chi connectivity index (χ1) is 9.56. The molecule has 0 aliphatic carbocycles. The largest absolute Gasteiger partial charge is 0.478 e. The monoisotopic (exact) mass is 286 g/mol. The van der Waals surface area contributed by atoms with Crippen molar-refractivity contribution in [3.63, 3.8) is 0 Å². The Morgan fingerprint density at radius 1 is 1.05 bits per heavy atom. The Labute approximate surface area is 118 Å². The highest BCUT2D eigenvalue weighted by molar-refractivity contribution is 5.92. The molecule has 0 radical (unpaired) electrons. The highest BCUT2D eigenvalue weighted by Crippen LogP contribution is 2.04. The zero-order chi connectivity index (χ0) is 15.2. The molecule has 0 spiro atoms. The normalized spacial score (nSPS) is 10.7. The number of esters is 1. The SMILES string of the molecule is CCOCCCCCCC(=O)COC(=O)/C=C/C(=O)O. The van der Waals surface area contributed by atoms with Crippen molar-refractivity contribution in [2.24, 2.45) is 0 Å². The van der Waals surface area contributed by atoms with Gasteiger partial charge in [0.05, 0.1) is 0 Å². The topological polar surface area (TPSA) is 89.9 Å². The third kappa shape index (κ3) is 12.8. The molecule has 6 nitrogen and oxygen atoms in total. The van der Waals surface area contributed by atoms with Crippen LogP contribution < -0.4 is 0 Å². The molecule has 0 saturated heterocycles. The van der Waals surface area contributed by atoms with Crippen LogP contribution in [0.25, 0.3) is 0 Å². The first kappa shape index (κ1) is 18.3. The molecule has 0 aromatic heterocycles. The predicted molar refractivity (Wildman–Crippen MR) is 72.3 cm³/mol. The van der Waals surface area contributed by atoms with Crippen molar-refractivity contribution in [3.05, 3.63) is 12.2 Å². The van der Waals surface area contributed by atoms with Crippen LogP contribution in [0.1, 0.15) is 39.0 Å². The lowest BCUT2D eigenvalue weighted by Crippen LogP contribution is -2.12. The summed E-state index contributed by atoms with van der Waals surface area (Å²) in [6.07, 6.45) is 5.50. The Morgan fingerprint density at radius 2 is 1.75 bits per heavy atom. The molecule has 0 rings (SSSR count). The molecule has 1 N–H and O–H groups in total. The average Bonchev–Trinajstić information content (AvgIpc) is 2.41. The number of Topliss-reactive ketones (excluding diaryl/α,β-unsaturated/α-hetero) is 1. The first-order valence-electron chi connectivity index (χ1n) is 6.73. The zero-order valence-electron chi connectivity index (χ0n) is 11.8. The lowest BCUT2D eigenvalue weighted by molar-refractivity contribution is -0.143. The highest BCUT2D eigenvalue weighted by Gasteiger charge is 2.05. The number of carbonyl (C=O) groups is 3. The summed E-state index contributed by atoms with van der Waals surface area (Å²) in [4.78, 5) is 32.5. The van der Waals surface area contributed by atoms with E-state index < -0.39 is 11.9 Å². The summed E-state index contributed by atoms with van der Waals surface area (Å²) in [6.45, 7) is 3.12. The fourth-order valence-electron chi connectivity index (χ4n) is 1.44. The van der Waals surface area contributed by atoms with E-state index in [1.807, 2.05) is 6.92 Å². The van der Waals surface area contributed by atoms with Crippen LogP contribution in [0.3, 0.4) is 0 Å².